The van der Waals surface area contributed by atoms with Crippen LogP contribution in [0.15, 0.2) is 91.3 Å². The maximum Gasteiger partial charge on any atom is 0.253 e. The Morgan fingerprint density at radius 2 is 1.46 bits per heavy atom. The SMILES string of the molecule is O=C(NCC(c1ccccc1)c1ccccc1)c1ccccc1-n1cnnn1. The summed E-state index contributed by atoms with van der Waals surface area (Å²) in [6.07, 6.45) is 1.48. The van der Waals surface area contributed by atoms with Crippen LogP contribution in [0.3, 0.4) is 0 Å². The predicted octanol–water partition coefficient (Wildman–Crippen LogP) is 3.22. The van der Waals surface area contributed by atoms with Gasteiger partial charge in [-0.15, -0.1) is 5.10 Å². The van der Waals surface area contributed by atoms with E-state index in [1.54, 1.807) is 6.07 Å². The largest absolute Gasteiger partial charge is 0.351 e. The molecule has 0 radical (unpaired) electrons. The van der Waals surface area contributed by atoms with Gasteiger partial charge in [-0.25, -0.2) is 0 Å². The molecule has 0 spiro atoms. The predicted molar refractivity (Wildman–Crippen MR) is 106 cm³/mol. The third-order valence-corrected chi connectivity index (χ3v) is 4.62. The van der Waals surface area contributed by atoms with Crippen LogP contribution >= 0.6 is 0 Å². The van der Waals surface area contributed by atoms with Crippen LogP contribution in [0.2, 0.25) is 0 Å². The second-order valence-electron chi connectivity index (χ2n) is 6.36. The van der Waals surface area contributed by atoms with Crippen LogP contribution in [0.25, 0.3) is 5.69 Å². The van der Waals surface area contributed by atoms with Crippen molar-refractivity contribution in [1.82, 2.24) is 25.5 Å². The average Bonchev–Trinajstić information content (AvgIpc) is 3.30. The lowest BCUT2D eigenvalue weighted by Crippen LogP contribution is -2.29. The number of aromatic nitrogens is 4. The molecule has 0 saturated carbocycles. The third kappa shape index (κ3) is 3.81. The number of benzene rings is 3. The van der Waals surface area contributed by atoms with Gasteiger partial charge < -0.3 is 5.32 Å². The zero-order valence-corrected chi connectivity index (χ0v) is 15.1. The smallest absolute Gasteiger partial charge is 0.253 e. The molecule has 0 aliphatic heterocycles. The van der Waals surface area contributed by atoms with Crippen molar-refractivity contribution < 1.29 is 4.79 Å². The molecule has 6 heteroatoms. The first-order valence-corrected chi connectivity index (χ1v) is 9.03. The Hall–Kier alpha value is -3.80. The Bertz CT molecular complexity index is 993. The van der Waals surface area contributed by atoms with E-state index >= 15 is 0 Å². The Kier molecular flexibility index (Phi) is 5.20. The minimum atomic E-state index is -0.164. The van der Waals surface area contributed by atoms with Crippen molar-refractivity contribution in [3.8, 4) is 5.69 Å². The van der Waals surface area contributed by atoms with E-state index in [2.05, 4.69) is 45.1 Å². The van der Waals surface area contributed by atoms with Crippen LogP contribution in [0.5, 0.6) is 0 Å². The quantitative estimate of drug-likeness (QED) is 0.566. The number of carbonyl (C=O) groups excluding carboxylic acids is 1. The van der Waals surface area contributed by atoms with E-state index in [1.165, 1.54) is 11.0 Å². The van der Waals surface area contributed by atoms with Gasteiger partial charge in [-0.05, 0) is 33.7 Å². The number of para-hydroxylation sites is 1. The molecule has 3 aromatic carbocycles. The fourth-order valence-electron chi connectivity index (χ4n) is 3.23. The summed E-state index contributed by atoms with van der Waals surface area (Å²) in [5.41, 5.74) is 3.47. The second-order valence-corrected chi connectivity index (χ2v) is 6.36. The number of nitrogens with one attached hydrogen (secondary N) is 1. The molecular formula is C22H19N5O. The molecule has 4 aromatic rings. The van der Waals surface area contributed by atoms with Crippen molar-refractivity contribution in [2.24, 2.45) is 0 Å². The molecular weight excluding hydrogens is 350 g/mol. The number of nitrogens with zero attached hydrogens (tertiary/aromatic N) is 4. The van der Waals surface area contributed by atoms with E-state index < -0.39 is 0 Å². The van der Waals surface area contributed by atoms with Crippen LogP contribution in [-0.2, 0) is 0 Å². The zero-order chi connectivity index (χ0) is 19.2. The summed E-state index contributed by atoms with van der Waals surface area (Å²) in [6.45, 7) is 0.483. The summed E-state index contributed by atoms with van der Waals surface area (Å²) in [4.78, 5) is 12.9. The van der Waals surface area contributed by atoms with Gasteiger partial charge in [0.15, 0.2) is 0 Å². The lowest BCUT2D eigenvalue weighted by atomic mass is 9.91. The topological polar surface area (TPSA) is 72.7 Å². The summed E-state index contributed by atoms with van der Waals surface area (Å²) < 4.78 is 1.49. The maximum absolute atomic E-state index is 12.9. The van der Waals surface area contributed by atoms with Crippen molar-refractivity contribution >= 4 is 5.91 Å². The molecule has 0 unspecified atom stereocenters. The van der Waals surface area contributed by atoms with Crippen LogP contribution in [0.1, 0.15) is 27.4 Å². The molecule has 1 heterocycles. The molecule has 28 heavy (non-hydrogen) atoms. The highest BCUT2D eigenvalue weighted by Gasteiger charge is 2.18. The Morgan fingerprint density at radius 3 is 2.07 bits per heavy atom. The van der Waals surface area contributed by atoms with E-state index in [9.17, 15) is 4.79 Å². The molecule has 1 aromatic heterocycles. The number of tetrazole rings is 1. The molecule has 0 fully saturated rings. The van der Waals surface area contributed by atoms with Crippen molar-refractivity contribution in [2.75, 3.05) is 6.54 Å². The Balaban J connectivity index is 1.58. The van der Waals surface area contributed by atoms with Gasteiger partial charge in [0, 0.05) is 12.5 Å². The van der Waals surface area contributed by atoms with Gasteiger partial charge in [0.2, 0.25) is 0 Å². The zero-order valence-electron chi connectivity index (χ0n) is 15.1. The molecule has 1 N–H and O–H groups in total. The molecule has 138 valence electrons. The molecule has 6 nitrogen and oxygen atoms in total. The molecule has 0 bridgehead atoms. The molecule has 0 aliphatic rings. The van der Waals surface area contributed by atoms with Crippen LogP contribution in [0, 0.1) is 0 Å². The summed E-state index contributed by atoms with van der Waals surface area (Å²) in [5, 5.41) is 14.3. The van der Waals surface area contributed by atoms with Gasteiger partial charge in [0.05, 0.1) is 11.3 Å². The number of amides is 1. The van der Waals surface area contributed by atoms with Crippen molar-refractivity contribution in [1.29, 1.82) is 0 Å². The second kappa shape index (κ2) is 8.26. The highest BCUT2D eigenvalue weighted by Crippen LogP contribution is 2.24. The fraction of sp³-hybridized carbons (Fsp3) is 0.0909. The standard InChI is InChI=1S/C22H19N5O/c28-22(19-13-7-8-14-21(19)27-16-24-25-26-27)23-15-20(17-9-3-1-4-10-17)18-11-5-2-6-12-18/h1-14,16,20H,15H2,(H,23,28). The first kappa shape index (κ1) is 17.6. The summed E-state index contributed by atoms with van der Waals surface area (Å²) >= 11 is 0. The maximum atomic E-state index is 12.9. The highest BCUT2D eigenvalue weighted by molar-refractivity contribution is 5.97. The number of hydrogen-bond acceptors (Lipinski definition) is 4. The number of rotatable bonds is 6. The van der Waals surface area contributed by atoms with Gasteiger partial charge in [-0.2, -0.15) is 4.68 Å². The van der Waals surface area contributed by atoms with Crippen molar-refractivity contribution in [3.63, 3.8) is 0 Å². The Labute approximate surface area is 162 Å². The van der Waals surface area contributed by atoms with Gasteiger partial charge in [-0.1, -0.05) is 72.8 Å². The van der Waals surface area contributed by atoms with E-state index in [-0.39, 0.29) is 11.8 Å². The average molecular weight is 369 g/mol. The summed E-state index contributed by atoms with van der Waals surface area (Å²) in [6, 6.07) is 27.6. The van der Waals surface area contributed by atoms with Crippen LogP contribution in [0.4, 0.5) is 0 Å². The minimum absolute atomic E-state index is 0.0616. The van der Waals surface area contributed by atoms with Crippen LogP contribution < -0.4 is 5.32 Å². The highest BCUT2D eigenvalue weighted by atomic mass is 16.1. The molecule has 0 saturated heterocycles. The fourth-order valence-corrected chi connectivity index (χ4v) is 3.23. The minimum Gasteiger partial charge on any atom is -0.351 e. The van der Waals surface area contributed by atoms with Crippen molar-refractivity contribution in [2.45, 2.75) is 5.92 Å². The normalized spacial score (nSPS) is 10.8. The molecule has 1 amide bonds. The molecule has 0 aliphatic carbocycles. The summed E-state index contributed by atoms with van der Waals surface area (Å²) in [7, 11) is 0. The first-order chi connectivity index (χ1) is 13.8. The molecule has 0 atom stereocenters. The summed E-state index contributed by atoms with van der Waals surface area (Å²) in [5.74, 6) is -0.102. The van der Waals surface area contributed by atoms with E-state index in [4.69, 9.17) is 0 Å². The monoisotopic (exact) mass is 369 g/mol. The lowest BCUT2D eigenvalue weighted by Gasteiger charge is -2.19. The van der Waals surface area contributed by atoms with E-state index in [0.29, 0.717) is 17.8 Å². The van der Waals surface area contributed by atoms with E-state index in [1.807, 2.05) is 54.6 Å². The van der Waals surface area contributed by atoms with Gasteiger partial charge >= 0.3 is 0 Å². The van der Waals surface area contributed by atoms with Crippen LogP contribution in [-0.4, -0.2) is 32.7 Å². The van der Waals surface area contributed by atoms with Gasteiger partial charge in [-0.3, -0.25) is 4.79 Å². The van der Waals surface area contributed by atoms with Gasteiger partial charge in [0.1, 0.15) is 6.33 Å². The van der Waals surface area contributed by atoms with Gasteiger partial charge in [0.25, 0.3) is 5.91 Å². The van der Waals surface area contributed by atoms with E-state index in [0.717, 1.165) is 11.1 Å². The lowest BCUT2D eigenvalue weighted by molar-refractivity contribution is 0.0952. The number of carbonyl (C=O) groups is 1. The molecule has 4 rings (SSSR count). The number of hydrogen-bond donors (Lipinski definition) is 1. The first-order valence-electron chi connectivity index (χ1n) is 9.03. The van der Waals surface area contributed by atoms with Crippen molar-refractivity contribution in [3.05, 3.63) is 108 Å². The Morgan fingerprint density at radius 1 is 0.857 bits per heavy atom. The third-order valence-electron chi connectivity index (χ3n) is 4.62.